The quantitative estimate of drug-likeness (QED) is 0.869. The fourth-order valence-electron chi connectivity index (χ4n) is 3.19. The fourth-order valence-corrected chi connectivity index (χ4v) is 3.19. The van der Waals surface area contributed by atoms with Crippen LogP contribution >= 0.6 is 0 Å². The summed E-state index contributed by atoms with van der Waals surface area (Å²) in [5.74, 6) is -0.285. The molecule has 1 aromatic rings. The van der Waals surface area contributed by atoms with Gasteiger partial charge in [0.2, 0.25) is 11.8 Å². The van der Waals surface area contributed by atoms with Gasteiger partial charge in [-0.25, -0.2) is 4.39 Å². The molecule has 1 aliphatic heterocycles. The lowest BCUT2D eigenvalue weighted by molar-refractivity contribution is -0.130. The number of rotatable bonds is 6. The Morgan fingerprint density at radius 3 is 2.71 bits per heavy atom. The van der Waals surface area contributed by atoms with Gasteiger partial charge in [-0.2, -0.15) is 0 Å². The van der Waals surface area contributed by atoms with Crippen molar-refractivity contribution in [2.75, 3.05) is 19.6 Å². The number of carbonyl (C=O) groups excluding carboxylic acids is 2. The standard InChI is InChI=1S/C19H27FN2O2/c1-4-18(23)22-11-16(14-6-5-7-15(20)10-14)17(12-22)19(24)21-9-8-13(2)3/h5-7,10,13,16-17H,4,8-9,11-12H2,1-3H3,(H,21,24)/t16-,17+/m0/s1. The summed E-state index contributed by atoms with van der Waals surface area (Å²) in [6, 6.07) is 6.36. The topological polar surface area (TPSA) is 49.4 Å². The molecule has 132 valence electrons. The Balaban J connectivity index is 2.14. The molecule has 5 heteroatoms. The average Bonchev–Trinajstić information content (AvgIpc) is 2.99. The van der Waals surface area contributed by atoms with Crippen LogP contribution in [0.5, 0.6) is 0 Å². The number of nitrogens with one attached hydrogen (secondary N) is 1. The van der Waals surface area contributed by atoms with Gasteiger partial charge < -0.3 is 10.2 Å². The van der Waals surface area contributed by atoms with E-state index in [-0.39, 0.29) is 29.5 Å². The lowest BCUT2D eigenvalue weighted by atomic mass is 9.88. The van der Waals surface area contributed by atoms with E-state index in [2.05, 4.69) is 19.2 Å². The van der Waals surface area contributed by atoms with Crippen molar-refractivity contribution in [1.82, 2.24) is 10.2 Å². The first-order chi connectivity index (χ1) is 11.4. The molecule has 1 N–H and O–H groups in total. The third kappa shape index (κ3) is 4.56. The van der Waals surface area contributed by atoms with Crippen molar-refractivity contribution in [2.24, 2.45) is 11.8 Å². The van der Waals surface area contributed by atoms with Crippen LogP contribution in [0.3, 0.4) is 0 Å². The molecule has 0 bridgehead atoms. The molecule has 1 heterocycles. The van der Waals surface area contributed by atoms with Gasteiger partial charge in [-0.05, 0) is 30.0 Å². The number of hydrogen-bond donors (Lipinski definition) is 1. The second kappa shape index (κ2) is 8.27. The van der Waals surface area contributed by atoms with Crippen molar-refractivity contribution in [3.63, 3.8) is 0 Å². The molecule has 0 aliphatic carbocycles. The maximum absolute atomic E-state index is 13.6. The molecule has 1 fully saturated rings. The SMILES string of the molecule is CCC(=O)N1C[C@@H](C(=O)NCCC(C)C)[C@H](c2cccc(F)c2)C1. The van der Waals surface area contributed by atoms with Crippen LogP contribution in [0.25, 0.3) is 0 Å². The molecule has 1 aliphatic rings. The van der Waals surface area contributed by atoms with Crippen molar-refractivity contribution in [1.29, 1.82) is 0 Å². The Morgan fingerprint density at radius 2 is 2.08 bits per heavy atom. The molecule has 24 heavy (non-hydrogen) atoms. The smallest absolute Gasteiger partial charge is 0.225 e. The van der Waals surface area contributed by atoms with Crippen molar-refractivity contribution in [2.45, 2.75) is 39.5 Å². The van der Waals surface area contributed by atoms with E-state index >= 15 is 0 Å². The molecule has 2 rings (SSSR count). The maximum Gasteiger partial charge on any atom is 0.225 e. The molecule has 0 saturated carbocycles. The maximum atomic E-state index is 13.6. The fraction of sp³-hybridized carbons (Fsp3) is 0.579. The van der Waals surface area contributed by atoms with Gasteiger partial charge >= 0.3 is 0 Å². The molecule has 0 spiro atoms. The molecule has 1 saturated heterocycles. The van der Waals surface area contributed by atoms with Gasteiger partial charge in [0.25, 0.3) is 0 Å². The molecule has 4 nitrogen and oxygen atoms in total. The van der Waals surface area contributed by atoms with E-state index in [0.717, 1.165) is 12.0 Å². The number of amides is 2. The van der Waals surface area contributed by atoms with Gasteiger partial charge in [0.05, 0.1) is 5.92 Å². The molecule has 0 radical (unpaired) electrons. The van der Waals surface area contributed by atoms with Gasteiger partial charge in [0.1, 0.15) is 5.82 Å². The van der Waals surface area contributed by atoms with E-state index in [9.17, 15) is 14.0 Å². The van der Waals surface area contributed by atoms with Gasteiger partial charge in [0.15, 0.2) is 0 Å². The highest BCUT2D eigenvalue weighted by Gasteiger charge is 2.39. The van der Waals surface area contributed by atoms with Crippen molar-refractivity contribution in [3.8, 4) is 0 Å². The normalized spacial score (nSPS) is 20.5. The summed E-state index contributed by atoms with van der Waals surface area (Å²) in [7, 11) is 0. The minimum atomic E-state index is -0.325. The van der Waals surface area contributed by atoms with E-state index in [4.69, 9.17) is 0 Å². The van der Waals surface area contributed by atoms with Crippen molar-refractivity contribution < 1.29 is 14.0 Å². The zero-order valence-electron chi connectivity index (χ0n) is 14.7. The monoisotopic (exact) mass is 334 g/mol. The second-order valence-corrected chi connectivity index (χ2v) is 6.89. The van der Waals surface area contributed by atoms with Crippen molar-refractivity contribution >= 4 is 11.8 Å². The summed E-state index contributed by atoms with van der Waals surface area (Å²) in [4.78, 5) is 26.4. The summed E-state index contributed by atoms with van der Waals surface area (Å²) in [5.41, 5.74) is 0.783. The highest BCUT2D eigenvalue weighted by Crippen LogP contribution is 2.33. The average molecular weight is 334 g/mol. The van der Waals surface area contributed by atoms with Crippen LogP contribution in [0.4, 0.5) is 4.39 Å². The number of nitrogens with zero attached hydrogens (tertiary/aromatic N) is 1. The predicted molar refractivity (Wildman–Crippen MR) is 92.0 cm³/mol. The third-order valence-corrected chi connectivity index (χ3v) is 4.61. The van der Waals surface area contributed by atoms with Crippen LogP contribution < -0.4 is 5.32 Å². The van der Waals surface area contributed by atoms with Gasteiger partial charge in [0, 0.05) is 32.0 Å². The second-order valence-electron chi connectivity index (χ2n) is 6.89. The zero-order chi connectivity index (χ0) is 17.7. The first-order valence-electron chi connectivity index (χ1n) is 8.73. The van der Waals surface area contributed by atoms with E-state index in [1.807, 2.05) is 13.0 Å². The highest BCUT2D eigenvalue weighted by atomic mass is 19.1. The van der Waals surface area contributed by atoms with Crippen LogP contribution in [-0.4, -0.2) is 36.3 Å². The number of carbonyl (C=O) groups is 2. The molecule has 2 atom stereocenters. The molecule has 2 amide bonds. The third-order valence-electron chi connectivity index (χ3n) is 4.61. The zero-order valence-corrected chi connectivity index (χ0v) is 14.7. The van der Waals surface area contributed by atoms with Gasteiger partial charge in [-0.15, -0.1) is 0 Å². The lowest BCUT2D eigenvalue weighted by Crippen LogP contribution is -2.36. The Hall–Kier alpha value is -1.91. The van der Waals surface area contributed by atoms with Crippen LogP contribution in [0.2, 0.25) is 0 Å². The van der Waals surface area contributed by atoms with Crippen LogP contribution in [-0.2, 0) is 9.59 Å². The molecule has 1 aromatic carbocycles. The van der Waals surface area contributed by atoms with Crippen LogP contribution in [0, 0.1) is 17.7 Å². The summed E-state index contributed by atoms with van der Waals surface area (Å²) in [5, 5.41) is 2.98. The molecule has 0 unspecified atom stereocenters. The number of hydrogen-bond acceptors (Lipinski definition) is 2. The lowest BCUT2D eigenvalue weighted by Gasteiger charge is -2.18. The number of halogens is 1. The van der Waals surface area contributed by atoms with Crippen LogP contribution in [0.15, 0.2) is 24.3 Å². The minimum Gasteiger partial charge on any atom is -0.356 e. The predicted octanol–water partition coefficient (Wildman–Crippen LogP) is 2.94. The summed E-state index contributed by atoms with van der Waals surface area (Å²) in [6.45, 7) is 7.54. The minimum absolute atomic E-state index is 0.0360. The Kier molecular flexibility index (Phi) is 6.35. The van der Waals surface area contributed by atoms with E-state index in [1.165, 1.54) is 12.1 Å². The molecule has 0 aromatic heterocycles. The highest BCUT2D eigenvalue weighted by molar-refractivity contribution is 5.83. The van der Waals surface area contributed by atoms with Crippen molar-refractivity contribution in [3.05, 3.63) is 35.6 Å². The Labute approximate surface area is 143 Å². The Morgan fingerprint density at radius 1 is 1.33 bits per heavy atom. The van der Waals surface area contributed by atoms with Gasteiger partial charge in [-0.1, -0.05) is 32.9 Å². The first kappa shape index (κ1) is 18.4. The van der Waals surface area contributed by atoms with E-state index < -0.39 is 0 Å². The molecular weight excluding hydrogens is 307 g/mol. The molecular formula is C19H27FN2O2. The van der Waals surface area contributed by atoms with E-state index in [1.54, 1.807) is 11.0 Å². The van der Waals surface area contributed by atoms with Crippen LogP contribution in [0.1, 0.15) is 45.1 Å². The summed E-state index contributed by atoms with van der Waals surface area (Å²) >= 11 is 0. The summed E-state index contributed by atoms with van der Waals surface area (Å²) in [6.07, 6.45) is 1.33. The van der Waals surface area contributed by atoms with E-state index in [0.29, 0.717) is 32.0 Å². The summed E-state index contributed by atoms with van der Waals surface area (Å²) < 4.78 is 13.6. The first-order valence-corrected chi connectivity index (χ1v) is 8.73. The number of benzene rings is 1. The Bertz CT molecular complexity index is 588. The van der Waals surface area contributed by atoms with Gasteiger partial charge in [-0.3, -0.25) is 9.59 Å². The largest absolute Gasteiger partial charge is 0.356 e. The number of likely N-dealkylation sites (tertiary alicyclic amines) is 1.